The van der Waals surface area contributed by atoms with E-state index in [-0.39, 0.29) is 6.04 Å². The fourth-order valence-electron chi connectivity index (χ4n) is 4.09. The van der Waals surface area contributed by atoms with Gasteiger partial charge >= 0.3 is 0 Å². The molecule has 1 N–H and O–H groups in total. The van der Waals surface area contributed by atoms with Gasteiger partial charge in [-0.05, 0) is 55.3 Å². The number of nitrogens with zero attached hydrogens (tertiary/aromatic N) is 2. The number of aliphatic imine (C=N–C) groups is 1. The summed E-state index contributed by atoms with van der Waals surface area (Å²) in [4.78, 5) is 7.19. The molecule has 0 saturated heterocycles. The van der Waals surface area contributed by atoms with Gasteiger partial charge in [0.25, 0.3) is 0 Å². The SMILES string of the molecule is Cc1ccccc1N(c1ccc(C2=CNC3C=CC=CC3=N2)cc1)c1ccccc1C. The highest BCUT2D eigenvalue weighted by molar-refractivity contribution is 6.05. The van der Waals surface area contributed by atoms with E-state index in [0.29, 0.717) is 0 Å². The third-order valence-electron chi connectivity index (χ3n) is 5.78. The topological polar surface area (TPSA) is 27.6 Å². The summed E-state index contributed by atoms with van der Waals surface area (Å²) in [7, 11) is 0. The molecule has 1 unspecified atom stereocenters. The minimum atomic E-state index is 0.172. The molecule has 3 aromatic rings. The predicted molar refractivity (Wildman–Crippen MR) is 131 cm³/mol. The number of rotatable bonds is 4. The number of anilines is 3. The summed E-state index contributed by atoms with van der Waals surface area (Å²) in [5, 5.41) is 3.43. The molecule has 3 aromatic carbocycles. The van der Waals surface area contributed by atoms with Gasteiger partial charge in [0, 0.05) is 28.8 Å². The van der Waals surface area contributed by atoms with Crippen molar-refractivity contribution in [3.8, 4) is 0 Å². The average Bonchev–Trinajstić information content (AvgIpc) is 2.82. The molecule has 1 heterocycles. The molecule has 0 spiro atoms. The Morgan fingerprint density at radius 1 is 0.774 bits per heavy atom. The molecule has 5 rings (SSSR count). The van der Waals surface area contributed by atoms with Crippen molar-refractivity contribution < 1.29 is 0 Å². The number of hydrogen-bond acceptors (Lipinski definition) is 3. The van der Waals surface area contributed by atoms with E-state index in [1.54, 1.807) is 0 Å². The molecule has 31 heavy (non-hydrogen) atoms. The molecule has 3 nitrogen and oxygen atoms in total. The van der Waals surface area contributed by atoms with Gasteiger partial charge in [-0.2, -0.15) is 0 Å². The van der Waals surface area contributed by atoms with Gasteiger partial charge in [-0.25, -0.2) is 4.99 Å². The maximum absolute atomic E-state index is 4.86. The molecule has 0 aromatic heterocycles. The second kappa shape index (κ2) is 8.11. The standard InChI is InChI=1S/C28H25N3/c1-20-9-3-7-13-27(20)31(28-14-8-4-10-21(28)2)23-17-15-22(16-18-23)26-19-29-24-11-5-6-12-25(24)30-26/h3-19,24,29H,1-2H3. The predicted octanol–water partition coefficient (Wildman–Crippen LogP) is 6.61. The quantitative estimate of drug-likeness (QED) is 0.531. The van der Waals surface area contributed by atoms with Crippen LogP contribution in [0.4, 0.5) is 17.1 Å². The monoisotopic (exact) mass is 403 g/mol. The van der Waals surface area contributed by atoms with Crippen LogP contribution in [-0.4, -0.2) is 11.8 Å². The van der Waals surface area contributed by atoms with Crippen LogP contribution in [0.3, 0.4) is 0 Å². The van der Waals surface area contributed by atoms with Crippen LogP contribution >= 0.6 is 0 Å². The first kappa shape index (κ1) is 19.1. The summed E-state index contributed by atoms with van der Waals surface area (Å²) >= 11 is 0. The van der Waals surface area contributed by atoms with Gasteiger partial charge in [0.2, 0.25) is 0 Å². The van der Waals surface area contributed by atoms with Crippen molar-refractivity contribution in [2.24, 2.45) is 4.99 Å². The normalized spacial score (nSPS) is 16.8. The molecule has 0 saturated carbocycles. The number of hydrogen-bond donors (Lipinski definition) is 1. The maximum atomic E-state index is 4.86. The molecular formula is C28H25N3. The van der Waals surface area contributed by atoms with Crippen molar-refractivity contribution >= 4 is 28.5 Å². The Morgan fingerprint density at radius 2 is 1.42 bits per heavy atom. The van der Waals surface area contributed by atoms with Crippen molar-refractivity contribution in [1.82, 2.24) is 5.32 Å². The molecule has 1 aliphatic heterocycles. The Bertz CT molecular complexity index is 1180. The smallest absolute Gasteiger partial charge is 0.0869 e. The number of fused-ring (bicyclic) bond motifs is 1. The van der Waals surface area contributed by atoms with E-state index < -0.39 is 0 Å². The Morgan fingerprint density at radius 3 is 2.06 bits per heavy atom. The molecule has 1 aliphatic carbocycles. The zero-order valence-electron chi connectivity index (χ0n) is 17.8. The first-order chi connectivity index (χ1) is 15.2. The average molecular weight is 404 g/mol. The lowest BCUT2D eigenvalue weighted by Gasteiger charge is -2.28. The number of para-hydroxylation sites is 2. The molecular weight excluding hydrogens is 378 g/mol. The van der Waals surface area contributed by atoms with E-state index in [2.05, 4.69) is 115 Å². The van der Waals surface area contributed by atoms with E-state index in [0.717, 1.165) is 22.7 Å². The minimum absolute atomic E-state index is 0.172. The highest BCUT2D eigenvalue weighted by Gasteiger charge is 2.19. The van der Waals surface area contributed by atoms with Crippen LogP contribution in [0.25, 0.3) is 5.70 Å². The zero-order valence-corrected chi connectivity index (χ0v) is 17.8. The Kier molecular flexibility index (Phi) is 5.01. The van der Waals surface area contributed by atoms with Gasteiger partial charge in [0.15, 0.2) is 0 Å². The first-order valence-corrected chi connectivity index (χ1v) is 10.6. The van der Waals surface area contributed by atoms with E-state index in [9.17, 15) is 0 Å². The fraction of sp³-hybridized carbons (Fsp3) is 0.107. The number of benzene rings is 3. The number of allylic oxidation sites excluding steroid dienone is 2. The second-order valence-electron chi connectivity index (χ2n) is 7.91. The summed E-state index contributed by atoms with van der Waals surface area (Å²) in [6, 6.07) is 25.9. The summed E-state index contributed by atoms with van der Waals surface area (Å²) in [5.74, 6) is 0. The van der Waals surface area contributed by atoms with Crippen LogP contribution in [0.5, 0.6) is 0 Å². The minimum Gasteiger partial charge on any atom is -0.377 e. The molecule has 2 aliphatic rings. The second-order valence-corrected chi connectivity index (χ2v) is 7.91. The van der Waals surface area contributed by atoms with E-state index in [1.165, 1.54) is 22.5 Å². The summed E-state index contributed by atoms with van der Waals surface area (Å²) in [6.45, 7) is 4.32. The fourth-order valence-corrected chi connectivity index (χ4v) is 4.09. The van der Waals surface area contributed by atoms with E-state index in [1.807, 2.05) is 12.3 Å². The summed E-state index contributed by atoms with van der Waals surface area (Å²) in [6.07, 6.45) is 10.3. The Labute approximate surface area is 183 Å². The largest absolute Gasteiger partial charge is 0.377 e. The van der Waals surface area contributed by atoms with E-state index >= 15 is 0 Å². The number of nitrogens with one attached hydrogen (secondary N) is 1. The van der Waals surface area contributed by atoms with Crippen LogP contribution in [0.1, 0.15) is 16.7 Å². The highest BCUT2D eigenvalue weighted by Crippen LogP contribution is 2.38. The van der Waals surface area contributed by atoms with Crippen molar-refractivity contribution in [3.63, 3.8) is 0 Å². The van der Waals surface area contributed by atoms with Gasteiger partial charge < -0.3 is 10.2 Å². The molecule has 0 fully saturated rings. The third-order valence-corrected chi connectivity index (χ3v) is 5.78. The molecule has 0 radical (unpaired) electrons. The van der Waals surface area contributed by atoms with Crippen molar-refractivity contribution in [3.05, 3.63) is 120 Å². The zero-order chi connectivity index (χ0) is 21.2. The molecule has 0 amide bonds. The van der Waals surface area contributed by atoms with Gasteiger partial charge in [0.1, 0.15) is 0 Å². The molecule has 1 atom stereocenters. The van der Waals surface area contributed by atoms with E-state index in [4.69, 9.17) is 4.99 Å². The molecule has 0 bridgehead atoms. The van der Waals surface area contributed by atoms with Crippen molar-refractivity contribution in [2.45, 2.75) is 19.9 Å². The maximum Gasteiger partial charge on any atom is 0.0869 e. The van der Waals surface area contributed by atoms with Gasteiger partial charge in [-0.3, -0.25) is 0 Å². The highest BCUT2D eigenvalue weighted by atomic mass is 15.1. The lowest BCUT2D eigenvalue weighted by Crippen LogP contribution is -2.34. The third kappa shape index (κ3) is 3.71. The van der Waals surface area contributed by atoms with Gasteiger partial charge in [-0.1, -0.05) is 66.8 Å². The lowest BCUT2D eigenvalue weighted by atomic mass is 10.0. The van der Waals surface area contributed by atoms with Gasteiger partial charge in [0.05, 0.1) is 17.5 Å². The lowest BCUT2D eigenvalue weighted by molar-refractivity contribution is 0.862. The van der Waals surface area contributed by atoms with Crippen LogP contribution in [0, 0.1) is 13.8 Å². The Balaban J connectivity index is 1.53. The van der Waals surface area contributed by atoms with Crippen LogP contribution in [0.2, 0.25) is 0 Å². The van der Waals surface area contributed by atoms with Crippen molar-refractivity contribution in [2.75, 3.05) is 4.90 Å². The van der Waals surface area contributed by atoms with Crippen LogP contribution in [-0.2, 0) is 0 Å². The van der Waals surface area contributed by atoms with Crippen molar-refractivity contribution in [1.29, 1.82) is 0 Å². The molecule has 3 heteroatoms. The van der Waals surface area contributed by atoms with Crippen LogP contribution in [0.15, 0.2) is 108 Å². The van der Waals surface area contributed by atoms with Crippen LogP contribution < -0.4 is 10.2 Å². The first-order valence-electron chi connectivity index (χ1n) is 10.6. The summed E-state index contributed by atoms with van der Waals surface area (Å²) in [5.41, 5.74) is 9.08. The number of aryl methyl sites for hydroxylation is 2. The molecule has 152 valence electrons. The van der Waals surface area contributed by atoms with Gasteiger partial charge in [-0.15, -0.1) is 0 Å². The Hall–Kier alpha value is -3.85. The summed E-state index contributed by atoms with van der Waals surface area (Å²) < 4.78 is 0.